The molecule has 0 aliphatic carbocycles. The van der Waals surface area contributed by atoms with Gasteiger partial charge in [-0.2, -0.15) is 0 Å². The van der Waals surface area contributed by atoms with Gasteiger partial charge in [0.05, 0.1) is 12.1 Å². The minimum absolute atomic E-state index is 0.179. The van der Waals surface area contributed by atoms with Crippen LogP contribution >= 0.6 is 15.9 Å². The highest BCUT2D eigenvalue weighted by Crippen LogP contribution is 2.20. The van der Waals surface area contributed by atoms with Gasteiger partial charge in [-0.1, -0.05) is 28.1 Å². The normalized spacial score (nSPS) is 10.5. The molecule has 3 nitrogen and oxygen atoms in total. The van der Waals surface area contributed by atoms with Gasteiger partial charge in [0.25, 0.3) is 0 Å². The lowest BCUT2D eigenvalue weighted by Crippen LogP contribution is -2.15. The lowest BCUT2D eigenvalue weighted by atomic mass is 10.1. The number of anilines is 1. The Hall–Kier alpha value is -2.40. The van der Waals surface area contributed by atoms with Gasteiger partial charge in [0.2, 0.25) is 5.91 Å². The summed E-state index contributed by atoms with van der Waals surface area (Å²) in [6, 6.07) is 15.9. The molecular weight excluding hydrogens is 359 g/mol. The number of carbonyl (C=O) groups excluding carboxylic acids is 1. The first-order valence-electron chi connectivity index (χ1n) is 7.09. The lowest BCUT2D eigenvalue weighted by Gasteiger charge is -2.10. The zero-order valence-electron chi connectivity index (χ0n) is 12.2. The highest BCUT2D eigenvalue weighted by Gasteiger charge is 2.09. The van der Waals surface area contributed by atoms with E-state index in [0.717, 1.165) is 15.7 Å². The number of benzene rings is 2. The molecule has 5 heteroatoms. The second-order valence-electron chi connectivity index (χ2n) is 5.11. The Kier molecular flexibility index (Phi) is 4.57. The fourth-order valence-corrected chi connectivity index (χ4v) is 2.52. The molecule has 1 amide bonds. The van der Waals surface area contributed by atoms with Crippen molar-refractivity contribution < 1.29 is 9.18 Å². The van der Waals surface area contributed by atoms with Gasteiger partial charge in [0, 0.05) is 22.6 Å². The number of halogens is 2. The molecule has 0 aliphatic rings. The predicted molar refractivity (Wildman–Crippen MR) is 92.2 cm³/mol. The molecule has 0 bridgehead atoms. The average molecular weight is 373 g/mol. The number of carbonyl (C=O) groups is 1. The Morgan fingerprint density at radius 3 is 2.48 bits per heavy atom. The number of aromatic nitrogens is 1. The summed E-state index contributed by atoms with van der Waals surface area (Å²) in [6.45, 7) is 0. The Labute approximate surface area is 141 Å². The van der Waals surface area contributed by atoms with Crippen molar-refractivity contribution >= 4 is 27.5 Å². The van der Waals surface area contributed by atoms with E-state index in [9.17, 15) is 9.18 Å². The maximum Gasteiger partial charge on any atom is 0.228 e. The molecule has 0 atom stereocenters. The van der Waals surface area contributed by atoms with Crippen molar-refractivity contribution in [1.29, 1.82) is 0 Å². The van der Waals surface area contributed by atoms with Gasteiger partial charge in [-0.05, 0) is 48.0 Å². The molecule has 23 heavy (non-hydrogen) atoms. The molecule has 3 aromatic rings. The van der Waals surface area contributed by atoms with Crippen LogP contribution in [0.2, 0.25) is 0 Å². The van der Waals surface area contributed by atoms with Gasteiger partial charge in [-0.15, -0.1) is 0 Å². The first-order chi connectivity index (χ1) is 11.1. The third kappa shape index (κ3) is 3.87. The number of rotatable bonds is 4. The van der Waals surface area contributed by atoms with E-state index in [1.54, 1.807) is 12.1 Å². The highest BCUT2D eigenvalue weighted by atomic mass is 79.9. The van der Waals surface area contributed by atoms with E-state index in [-0.39, 0.29) is 18.0 Å². The minimum Gasteiger partial charge on any atom is -0.324 e. The molecule has 0 unspecified atom stereocenters. The van der Waals surface area contributed by atoms with Crippen LogP contribution in [0.25, 0.3) is 5.69 Å². The summed E-state index contributed by atoms with van der Waals surface area (Å²) < 4.78 is 16.7. The summed E-state index contributed by atoms with van der Waals surface area (Å²) in [5.74, 6) is -0.707. The van der Waals surface area contributed by atoms with Crippen LogP contribution < -0.4 is 5.32 Å². The molecule has 1 N–H and O–H groups in total. The Balaban J connectivity index is 1.75. The molecule has 0 saturated heterocycles. The SMILES string of the molecule is O=C(Cc1ccc(Br)cc1)Nc1cc(-n2cccc2)ccc1F. The van der Waals surface area contributed by atoms with E-state index in [0.29, 0.717) is 0 Å². The Morgan fingerprint density at radius 2 is 1.78 bits per heavy atom. The van der Waals surface area contributed by atoms with Crippen LogP contribution in [0.4, 0.5) is 10.1 Å². The van der Waals surface area contributed by atoms with E-state index >= 15 is 0 Å². The van der Waals surface area contributed by atoms with Gasteiger partial charge in [-0.3, -0.25) is 4.79 Å². The average Bonchev–Trinajstić information content (AvgIpc) is 3.06. The van der Waals surface area contributed by atoms with Crippen molar-refractivity contribution in [3.05, 3.63) is 82.8 Å². The first-order valence-corrected chi connectivity index (χ1v) is 7.88. The van der Waals surface area contributed by atoms with Gasteiger partial charge in [-0.25, -0.2) is 4.39 Å². The van der Waals surface area contributed by atoms with Crippen LogP contribution in [0.3, 0.4) is 0 Å². The second-order valence-corrected chi connectivity index (χ2v) is 6.02. The Bertz CT molecular complexity index is 814. The van der Waals surface area contributed by atoms with Crippen molar-refractivity contribution in [2.45, 2.75) is 6.42 Å². The van der Waals surface area contributed by atoms with E-state index in [4.69, 9.17) is 0 Å². The molecule has 0 fully saturated rings. The largest absolute Gasteiger partial charge is 0.324 e. The fraction of sp³-hybridized carbons (Fsp3) is 0.0556. The smallest absolute Gasteiger partial charge is 0.228 e. The summed E-state index contributed by atoms with van der Waals surface area (Å²) in [4.78, 5) is 12.1. The van der Waals surface area contributed by atoms with Gasteiger partial charge >= 0.3 is 0 Å². The highest BCUT2D eigenvalue weighted by molar-refractivity contribution is 9.10. The molecule has 1 heterocycles. The van der Waals surface area contributed by atoms with E-state index in [2.05, 4.69) is 21.2 Å². The monoisotopic (exact) mass is 372 g/mol. The maximum atomic E-state index is 13.9. The van der Waals surface area contributed by atoms with Crippen molar-refractivity contribution in [3.63, 3.8) is 0 Å². The van der Waals surface area contributed by atoms with Crippen LogP contribution in [0, 0.1) is 5.82 Å². The summed E-state index contributed by atoms with van der Waals surface area (Å²) in [5, 5.41) is 2.64. The van der Waals surface area contributed by atoms with Crippen LogP contribution in [0.15, 0.2) is 71.5 Å². The number of hydrogen-bond acceptors (Lipinski definition) is 1. The summed E-state index contributed by atoms with van der Waals surface area (Å²) in [7, 11) is 0. The van der Waals surface area contributed by atoms with Gasteiger partial charge < -0.3 is 9.88 Å². The molecule has 1 aromatic heterocycles. The maximum absolute atomic E-state index is 13.9. The molecule has 0 spiro atoms. The van der Waals surface area contributed by atoms with E-state index in [1.165, 1.54) is 6.07 Å². The van der Waals surface area contributed by atoms with Crippen molar-refractivity contribution in [3.8, 4) is 5.69 Å². The zero-order chi connectivity index (χ0) is 16.2. The quantitative estimate of drug-likeness (QED) is 0.715. The van der Waals surface area contributed by atoms with Crippen molar-refractivity contribution in [2.75, 3.05) is 5.32 Å². The van der Waals surface area contributed by atoms with Crippen LogP contribution in [0.1, 0.15) is 5.56 Å². The number of nitrogens with one attached hydrogen (secondary N) is 1. The molecule has 2 aromatic carbocycles. The molecule has 116 valence electrons. The summed E-state index contributed by atoms with van der Waals surface area (Å²) in [6.07, 6.45) is 3.92. The number of nitrogens with zero attached hydrogens (tertiary/aromatic N) is 1. The minimum atomic E-state index is -0.454. The molecule has 0 radical (unpaired) electrons. The van der Waals surface area contributed by atoms with Crippen LogP contribution in [-0.4, -0.2) is 10.5 Å². The van der Waals surface area contributed by atoms with Crippen LogP contribution in [-0.2, 0) is 11.2 Å². The van der Waals surface area contributed by atoms with Crippen molar-refractivity contribution in [2.24, 2.45) is 0 Å². The topological polar surface area (TPSA) is 34.0 Å². The first kappa shape index (κ1) is 15.5. The summed E-state index contributed by atoms with van der Waals surface area (Å²) >= 11 is 3.35. The molecule has 0 saturated carbocycles. The fourth-order valence-electron chi connectivity index (χ4n) is 2.26. The Morgan fingerprint density at radius 1 is 1.09 bits per heavy atom. The van der Waals surface area contributed by atoms with E-state index < -0.39 is 5.82 Å². The second kappa shape index (κ2) is 6.79. The van der Waals surface area contributed by atoms with E-state index in [1.807, 2.05) is 53.4 Å². The summed E-state index contributed by atoms with van der Waals surface area (Å²) in [5.41, 5.74) is 1.83. The number of hydrogen-bond donors (Lipinski definition) is 1. The van der Waals surface area contributed by atoms with Gasteiger partial charge in [0.1, 0.15) is 5.82 Å². The van der Waals surface area contributed by atoms with Crippen molar-refractivity contribution in [1.82, 2.24) is 4.57 Å². The van der Waals surface area contributed by atoms with Crippen LogP contribution in [0.5, 0.6) is 0 Å². The van der Waals surface area contributed by atoms with Gasteiger partial charge in [0.15, 0.2) is 0 Å². The standard InChI is InChI=1S/C18H14BrFN2O/c19-14-5-3-13(4-6-14)11-18(23)21-17-12-15(7-8-16(17)20)22-9-1-2-10-22/h1-10,12H,11H2,(H,21,23). The predicted octanol–water partition coefficient (Wildman–Crippen LogP) is 4.56. The number of amides is 1. The third-order valence-electron chi connectivity index (χ3n) is 3.40. The molecule has 3 rings (SSSR count). The molecule has 0 aliphatic heterocycles. The lowest BCUT2D eigenvalue weighted by molar-refractivity contribution is -0.115. The molecular formula is C18H14BrFN2O. The third-order valence-corrected chi connectivity index (χ3v) is 3.93. The zero-order valence-corrected chi connectivity index (χ0v) is 13.8.